The first-order valence-corrected chi connectivity index (χ1v) is 9.15. The first kappa shape index (κ1) is 21.8. The molecule has 0 spiro atoms. The number of Topliss-reactive ketones (excluding diaryl/α,β-unsaturated/α-hetero) is 1. The quantitative estimate of drug-likeness (QED) is 0.561. The van der Waals surface area contributed by atoms with Gasteiger partial charge in [0.1, 0.15) is 23.7 Å². The number of ketones is 1. The Labute approximate surface area is 162 Å². The molecular formula is C20H25F2NO5. The van der Waals surface area contributed by atoms with Crippen molar-refractivity contribution in [1.82, 2.24) is 4.90 Å². The van der Waals surface area contributed by atoms with E-state index in [9.17, 15) is 23.2 Å². The molecule has 1 saturated heterocycles. The molecule has 1 heterocycles. The standard InChI is InChI=1S/C20H25F2NO5/c1-5-27-17(25)10-16(24)15-9-12(18-13(21)7-6-8-14(18)22)11-23(15)19(26)28-20(2,3)4/h6-8,12,15H,5,9-11H2,1-4H3. The van der Waals surface area contributed by atoms with Gasteiger partial charge in [0.25, 0.3) is 0 Å². The molecule has 2 unspecified atom stereocenters. The summed E-state index contributed by atoms with van der Waals surface area (Å²) in [6.45, 7) is 6.66. The van der Waals surface area contributed by atoms with Crippen LogP contribution in [0.4, 0.5) is 13.6 Å². The number of nitrogens with zero attached hydrogens (tertiary/aromatic N) is 1. The topological polar surface area (TPSA) is 72.9 Å². The van der Waals surface area contributed by atoms with Crippen LogP contribution in [0, 0.1) is 11.6 Å². The Morgan fingerprint density at radius 1 is 1.18 bits per heavy atom. The van der Waals surface area contributed by atoms with Crippen LogP contribution in [-0.2, 0) is 19.1 Å². The average Bonchev–Trinajstić information content (AvgIpc) is 2.98. The minimum Gasteiger partial charge on any atom is -0.466 e. The predicted octanol–water partition coefficient (Wildman–Crippen LogP) is 3.58. The summed E-state index contributed by atoms with van der Waals surface area (Å²) in [5.74, 6) is -3.48. The molecule has 1 aromatic rings. The van der Waals surface area contributed by atoms with E-state index in [-0.39, 0.29) is 25.1 Å². The molecule has 1 aromatic carbocycles. The number of hydrogen-bond donors (Lipinski definition) is 0. The molecule has 1 aliphatic rings. The summed E-state index contributed by atoms with van der Waals surface area (Å²) in [7, 11) is 0. The molecule has 1 aliphatic heterocycles. The van der Waals surface area contributed by atoms with Crippen LogP contribution in [0.5, 0.6) is 0 Å². The largest absolute Gasteiger partial charge is 0.466 e. The van der Waals surface area contributed by atoms with E-state index in [4.69, 9.17) is 9.47 Å². The number of ether oxygens (including phenoxy) is 2. The summed E-state index contributed by atoms with van der Waals surface area (Å²) in [4.78, 5) is 38.0. The van der Waals surface area contributed by atoms with Crippen molar-refractivity contribution in [2.75, 3.05) is 13.2 Å². The minimum absolute atomic E-state index is 0.00463. The number of amides is 1. The molecule has 28 heavy (non-hydrogen) atoms. The van der Waals surface area contributed by atoms with Gasteiger partial charge in [0.2, 0.25) is 0 Å². The second kappa shape index (κ2) is 8.67. The number of carbonyl (C=O) groups excluding carboxylic acids is 3. The van der Waals surface area contributed by atoms with Crippen molar-refractivity contribution in [3.63, 3.8) is 0 Å². The van der Waals surface area contributed by atoms with Crippen molar-refractivity contribution in [2.45, 2.75) is 58.1 Å². The first-order valence-electron chi connectivity index (χ1n) is 9.15. The maximum Gasteiger partial charge on any atom is 0.410 e. The van der Waals surface area contributed by atoms with Crippen molar-refractivity contribution in [3.8, 4) is 0 Å². The molecule has 0 saturated carbocycles. The van der Waals surface area contributed by atoms with Gasteiger partial charge >= 0.3 is 12.1 Å². The van der Waals surface area contributed by atoms with E-state index >= 15 is 0 Å². The number of halogens is 2. The Kier molecular flexibility index (Phi) is 6.74. The highest BCUT2D eigenvalue weighted by Crippen LogP contribution is 2.36. The molecule has 0 N–H and O–H groups in total. The van der Waals surface area contributed by atoms with Crippen LogP contribution in [-0.4, -0.2) is 47.5 Å². The fourth-order valence-electron chi connectivity index (χ4n) is 3.25. The maximum absolute atomic E-state index is 14.2. The van der Waals surface area contributed by atoms with Crippen LogP contribution in [0.1, 0.15) is 52.0 Å². The molecule has 0 aliphatic carbocycles. The molecule has 0 aromatic heterocycles. The summed E-state index contributed by atoms with van der Waals surface area (Å²) >= 11 is 0. The van der Waals surface area contributed by atoms with E-state index in [1.165, 1.54) is 6.07 Å². The van der Waals surface area contributed by atoms with E-state index in [1.54, 1.807) is 27.7 Å². The number of esters is 1. The van der Waals surface area contributed by atoms with E-state index in [0.717, 1.165) is 17.0 Å². The lowest BCUT2D eigenvalue weighted by Gasteiger charge is -2.27. The van der Waals surface area contributed by atoms with Crippen LogP contribution < -0.4 is 0 Å². The first-order chi connectivity index (χ1) is 13.0. The van der Waals surface area contributed by atoms with Crippen LogP contribution >= 0.6 is 0 Å². The lowest BCUT2D eigenvalue weighted by atomic mass is 9.93. The Bertz CT molecular complexity index is 739. The summed E-state index contributed by atoms with van der Waals surface area (Å²) in [6, 6.07) is 2.48. The molecule has 2 rings (SSSR count). The molecule has 6 nitrogen and oxygen atoms in total. The fourth-order valence-corrected chi connectivity index (χ4v) is 3.25. The summed E-state index contributed by atoms with van der Waals surface area (Å²) in [5.41, 5.74) is -0.991. The van der Waals surface area contributed by atoms with Gasteiger partial charge in [-0.05, 0) is 46.2 Å². The maximum atomic E-state index is 14.2. The smallest absolute Gasteiger partial charge is 0.410 e. The van der Waals surface area contributed by atoms with Gasteiger partial charge in [-0.1, -0.05) is 6.07 Å². The third-order valence-electron chi connectivity index (χ3n) is 4.33. The highest BCUT2D eigenvalue weighted by atomic mass is 19.1. The van der Waals surface area contributed by atoms with Gasteiger partial charge in [0.05, 0.1) is 12.6 Å². The zero-order valence-corrected chi connectivity index (χ0v) is 16.5. The van der Waals surface area contributed by atoms with Crippen molar-refractivity contribution in [1.29, 1.82) is 0 Å². The zero-order valence-electron chi connectivity index (χ0n) is 16.5. The zero-order chi connectivity index (χ0) is 21.1. The molecule has 1 fully saturated rings. The van der Waals surface area contributed by atoms with E-state index in [1.807, 2.05) is 0 Å². The molecule has 0 radical (unpaired) electrons. The van der Waals surface area contributed by atoms with Crippen molar-refractivity contribution in [2.24, 2.45) is 0 Å². The Morgan fingerprint density at radius 2 is 1.79 bits per heavy atom. The van der Waals surface area contributed by atoms with Crippen LogP contribution in [0.3, 0.4) is 0 Å². The number of likely N-dealkylation sites (tertiary alicyclic amines) is 1. The van der Waals surface area contributed by atoms with Gasteiger partial charge in [-0.15, -0.1) is 0 Å². The highest BCUT2D eigenvalue weighted by Gasteiger charge is 2.43. The van der Waals surface area contributed by atoms with Crippen LogP contribution in [0.25, 0.3) is 0 Å². The van der Waals surface area contributed by atoms with E-state index in [2.05, 4.69) is 0 Å². The second-order valence-corrected chi connectivity index (χ2v) is 7.66. The number of carbonyl (C=O) groups is 3. The van der Waals surface area contributed by atoms with Crippen molar-refractivity contribution >= 4 is 17.8 Å². The van der Waals surface area contributed by atoms with Gasteiger partial charge in [0, 0.05) is 18.0 Å². The Hall–Kier alpha value is -2.51. The summed E-state index contributed by atoms with van der Waals surface area (Å²) in [6.07, 6.45) is -1.30. The summed E-state index contributed by atoms with van der Waals surface area (Å²) < 4.78 is 38.5. The second-order valence-electron chi connectivity index (χ2n) is 7.66. The van der Waals surface area contributed by atoms with Crippen molar-refractivity contribution in [3.05, 3.63) is 35.4 Å². The number of hydrogen-bond acceptors (Lipinski definition) is 5. The minimum atomic E-state index is -1.02. The normalized spacial score (nSPS) is 19.4. The van der Waals surface area contributed by atoms with Gasteiger partial charge in [-0.3, -0.25) is 14.5 Å². The third kappa shape index (κ3) is 5.27. The van der Waals surface area contributed by atoms with Gasteiger partial charge in [-0.25, -0.2) is 13.6 Å². The monoisotopic (exact) mass is 397 g/mol. The van der Waals surface area contributed by atoms with Crippen LogP contribution in [0.15, 0.2) is 18.2 Å². The van der Waals surface area contributed by atoms with E-state index in [0.29, 0.717) is 0 Å². The van der Waals surface area contributed by atoms with Gasteiger partial charge in [-0.2, -0.15) is 0 Å². The average molecular weight is 397 g/mol. The lowest BCUT2D eigenvalue weighted by Crippen LogP contribution is -2.44. The third-order valence-corrected chi connectivity index (χ3v) is 4.33. The molecule has 154 valence electrons. The highest BCUT2D eigenvalue weighted by molar-refractivity contribution is 6.00. The van der Waals surface area contributed by atoms with Crippen LogP contribution in [0.2, 0.25) is 0 Å². The fraction of sp³-hybridized carbons (Fsp3) is 0.550. The van der Waals surface area contributed by atoms with E-state index < -0.39 is 53.5 Å². The van der Waals surface area contributed by atoms with Gasteiger partial charge < -0.3 is 9.47 Å². The number of benzene rings is 1. The predicted molar refractivity (Wildman–Crippen MR) is 96.7 cm³/mol. The Morgan fingerprint density at radius 3 is 2.32 bits per heavy atom. The molecule has 8 heteroatoms. The lowest BCUT2D eigenvalue weighted by molar-refractivity contribution is -0.146. The molecular weight excluding hydrogens is 372 g/mol. The summed E-state index contributed by atoms with van der Waals surface area (Å²) in [5, 5.41) is 0. The molecule has 2 atom stereocenters. The van der Waals surface area contributed by atoms with Gasteiger partial charge in [0.15, 0.2) is 5.78 Å². The SMILES string of the molecule is CCOC(=O)CC(=O)C1CC(c2c(F)cccc2F)CN1C(=O)OC(C)(C)C. The van der Waals surface area contributed by atoms with Crippen molar-refractivity contribution < 1.29 is 32.6 Å². The molecule has 0 bridgehead atoms. The number of rotatable bonds is 5. The molecule has 1 amide bonds. The Balaban J connectivity index is 2.29.